The first-order valence-corrected chi connectivity index (χ1v) is 17.4. The average Bonchev–Trinajstić information content (AvgIpc) is 3.02. The summed E-state index contributed by atoms with van der Waals surface area (Å²) in [5.74, 6) is 0. The molecular formula is C38H63NO3. The predicted molar refractivity (Wildman–Crippen MR) is 179 cm³/mol. The van der Waals surface area contributed by atoms with Crippen LogP contribution in [0.4, 0.5) is 0 Å². The number of benzene rings is 2. The van der Waals surface area contributed by atoms with Gasteiger partial charge in [0.05, 0.1) is 32.5 Å². The Morgan fingerprint density at radius 1 is 0.476 bits per heavy atom. The molecule has 42 heavy (non-hydrogen) atoms. The van der Waals surface area contributed by atoms with Gasteiger partial charge in [-0.3, -0.25) is 0 Å². The van der Waals surface area contributed by atoms with E-state index < -0.39 is 0 Å². The van der Waals surface area contributed by atoms with Gasteiger partial charge in [-0.05, 0) is 30.5 Å². The van der Waals surface area contributed by atoms with Crippen molar-refractivity contribution in [2.75, 3.05) is 33.0 Å². The van der Waals surface area contributed by atoms with Crippen molar-refractivity contribution < 1.29 is 14.2 Å². The van der Waals surface area contributed by atoms with E-state index in [4.69, 9.17) is 14.2 Å². The first-order valence-electron chi connectivity index (χ1n) is 17.4. The SMILES string of the molecule is CCCCCCCCCCCCCCCCCCOCC(COCc1ccccc1)NCCCOCc1ccccc1. The Morgan fingerprint density at radius 2 is 0.905 bits per heavy atom. The first kappa shape index (κ1) is 36.5. The van der Waals surface area contributed by atoms with Gasteiger partial charge in [0.2, 0.25) is 0 Å². The maximum atomic E-state index is 6.08. The van der Waals surface area contributed by atoms with E-state index in [-0.39, 0.29) is 6.04 Å². The number of hydrogen-bond donors (Lipinski definition) is 1. The molecule has 0 spiro atoms. The summed E-state index contributed by atoms with van der Waals surface area (Å²) >= 11 is 0. The molecule has 4 heteroatoms. The van der Waals surface area contributed by atoms with Crippen LogP contribution < -0.4 is 5.32 Å². The minimum absolute atomic E-state index is 0.198. The molecule has 4 nitrogen and oxygen atoms in total. The van der Waals surface area contributed by atoms with Crippen molar-refractivity contribution >= 4 is 0 Å². The molecule has 0 saturated carbocycles. The Kier molecular flexibility index (Phi) is 24.4. The van der Waals surface area contributed by atoms with Crippen LogP contribution in [-0.2, 0) is 27.4 Å². The van der Waals surface area contributed by atoms with Crippen molar-refractivity contribution in [3.05, 3.63) is 71.8 Å². The summed E-state index contributed by atoms with van der Waals surface area (Å²) in [5.41, 5.74) is 2.43. The molecular weight excluding hydrogens is 518 g/mol. The van der Waals surface area contributed by atoms with E-state index in [0.717, 1.165) is 32.6 Å². The van der Waals surface area contributed by atoms with Gasteiger partial charge >= 0.3 is 0 Å². The van der Waals surface area contributed by atoms with E-state index in [1.807, 2.05) is 12.1 Å². The van der Waals surface area contributed by atoms with E-state index in [2.05, 4.69) is 60.8 Å². The Morgan fingerprint density at radius 3 is 1.43 bits per heavy atom. The third kappa shape index (κ3) is 21.9. The molecule has 0 aliphatic heterocycles. The lowest BCUT2D eigenvalue weighted by molar-refractivity contribution is 0.0464. The molecule has 2 aromatic rings. The van der Waals surface area contributed by atoms with Crippen molar-refractivity contribution in [3.63, 3.8) is 0 Å². The van der Waals surface area contributed by atoms with Crippen molar-refractivity contribution in [1.82, 2.24) is 5.32 Å². The molecule has 2 aromatic carbocycles. The lowest BCUT2D eigenvalue weighted by Crippen LogP contribution is -2.38. The monoisotopic (exact) mass is 581 g/mol. The average molecular weight is 582 g/mol. The highest BCUT2D eigenvalue weighted by molar-refractivity contribution is 5.14. The lowest BCUT2D eigenvalue weighted by Gasteiger charge is -2.19. The Bertz CT molecular complexity index is 801. The van der Waals surface area contributed by atoms with Crippen LogP contribution in [0.15, 0.2) is 60.7 Å². The van der Waals surface area contributed by atoms with Crippen LogP contribution >= 0.6 is 0 Å². The normalized spacial score (nSPS) is 12.1. The molecule has 238 valence electrons. The van der Waals surface area contributed by atoms with Crippen LogP contribution in [0, 0.1) is 0 Å². The van der Waals surface area contributed by atoms with Gasteiger partial charge in [0.1, 0.15) is 0 Å². The van der Waals surface area contributed by atoms with Gasteiger partial charge in [-0.25, -0.2) is 0 Å². The van der Waals surface area contributed by atoms with E-state index in [1.54, 1.807) is 0 Å². The second-order valence-corrected chi connectivity index (χ2v) is 11.9. The number of ether oxygens (including phenoxy) is 3. The molecule has 0 fully saturated rings. The minimum Gasteiger partial charge on any atom is -0.380 e. The minimum atomic E-state index is 0.198. The van der Waals surface area contributed by atoms with Gasteiger partial charge in [-0.1, -0.05) is 164 Å². The predicted octanol–water partition coefficient (Wildman–Crippen LogP) is 10.0. The molecule has 0 aromatic heterocycles. The molecule has 0 amide bonds. The molecule has 0 radical (unpaired) electrons. The summed E-state index contributed by atoms with van der Waals surface area (Å²) in [6, 6.07) is 20.9. The van der Waals surface area contributed by atoms with Crippen molar-refractivity contribution in [2.45, 2.75) is 135 Å². The molecule has 1 atom stereocenters. The number of nitrogens with one attached hydrogen (secondary N) is 1. The van der Waals surface area contributed by atoms with E-state index in [0.29, 0.717) is 26.4 Å². The third-order valence-electron chi connectivity index (χ3n) is 7.90. The zero-order chi connectivity index (χ0) is 29.6. The van der Waals surface area contributed by atoms with Gasteiger partial charge < -0.3 is 19.5 Å². The van der Waals surface area contributed by atoms with Crippen molar-refractivity contribution in [3.8, 4) is 0 Å². The Labute approximate surface area is 259 Å². The largest absolute Gasteiger partial charge is 0.380 e. The molecule has 0 bridgehead atoms. The summed E-state index contributed by atoms with van der Waals surface area (Å²) in [4.78, 5) is 0. The van der Waals surface area contributed by atoms with Gasteiger partial charge in [0.15, 0.2) is 0 Å². The van der Waals surface area contributed by atoms with E-state index >= 15 is 0 Å². The molecule has 0 aliphatic rings. The topological polar surface area (TPSA) is 39.7 Å². The third-order valence-corrected chi connectivity index (χ3v) is 7.90. The van der Waals surface area contributed by atoms with E-state index in [9.17, 15) is 0 Å². The fourth-order valence-electron chi connectivity index (χ4n) is 5.28. The second kappa shape index (κ2) is 28.1. The second-order valence-electron chi connectivity index (χ2n) is 11.9. The molecule has 2 rings (SSSR count). The summed E-state index contributed by atoms with van der Waals surface area (Å²) in [7, 11) is 0. The highest BCUT2D eigenvalue weighted by Crippen LogP contribution is 2.14. The molecule has 0 saturated heterocycles. The first-order chi connectivity index (χ1) is 20.9. The zero-order valence-corrected chi connectivity index (χ0v) is 27.0. The fraction of sp³-hybridized carbons (Fsp3) is 0.684. The number of hydrogen-bond acceptors (Lipinski definition) is 4. The Balaban J connectivity index is 1.44. The van der Waals surface area contributed by atoms with Gasteiger partial charge in [-0.15, -0.1) is 0 Å². The van der Waals surface area contributed by atoms with E-state index in [1.165, 1.54) is 107 Å². The van der Waals surface area contributed by atoms with Gasteiger partial charge in [0.25, 0.3) is 0 Å². The van der Waals surface area contributed by atoms with Crippen LogP contribution in [0.3, 0.4) is 0 Å². The van der Waals surface area contributed by atoms with Gasteiger partial charge in [0, 0.05) is 13.2 Å². The molecule has 1 N–H and O–H groups in total. The standard InChI is InChI=1S/C38H63NO3/c1-2-3-4-5-6-7-8-9-10-11-12-13-14-15-16-23-30-41-34-38(35-42-33-37-27-21-18-22-28-37)39-29-24-31-40-32-36-25-19-17-20-26-36/h17-22,25-28,38-39H,2-16,23-24,29-35H2,1H3. The summed E-state index contributed by atoms with van der Waals surface area (Å²) < 4.78 is 17.9. The fourth-order valence-corrected chi connectivity index (χ4v) is 5.28. The smallest absolute Gasteiger partial charge is 0.0717 e. The molecule has 0 heterocycles. The quantitative estimate of drug-likeness (QED) is 0.0932. The van der Waals surface area contributed by atoms with Crippen LogP contribution in [0.5, 0.6) is 0 Å². The lowest BCUT2D eigenvalue weighted by atomic mass is 10.0. The maximum Gasteiger partial charge on any atom is 0.0717 e. The van der Waals surface area contributed by atoms with Crippen LogP contribution in [0.1, 0.15) is 127 Å². The number of unbranched alkanes of at least 4 members (excludes halogenated alkanes) is 15. The van der Waals surface area contributed by atoms with Crippen LogP contribution in [-0.4, -0.2) is 39.0 Å². The summed E-state index contributed by atoms with van der Waals surface area (Å²) in [6.07, 6.45) is 23.3. The van der Waals surface area contributed by atoms with Crippen LogP contribution in [0.2, 0.25) is 0 Å². The van der Waals surface area contributed by atoms with Crippen LogP contribution in [0.25, 0.3) is 0 Å². The molecule has 1 unspecified atom stereocenters. The molecule has 0 aliphatic carbocycles. The highest BCUT2D eigenvalue weighted by Gasteiger charge is 2.09. The Hall–Kier alpha value is -1.72. The van der Waals surface area contributed by atoms with Gasteiger partial charge in [-0.2, -0.15) is 0 Å². The highest BCUT2D eigenvalue weighted by atomic mass is 16.5. The number of rotatable bonds is 30. The zero-order valence-electron chi connectivity index (χ0n) is 27.0. The summed E-state index contributed by atoms with van der Waals surface area (Å²) in [5, 5.41) is 3.63. The maximum absolute atomic E-state index is 6.08. The van der Waals surface area contributed by atoms with Crippen molar-refractivity contribution in [1.29, 1.82) is 0 Å². The van der Waals surface area contributed by atoms with Crippen molar-refractivity contribution in [2.24, 2.45) is 0 Å². The summed E-state index contributed by atoms with van der Waals surface area (Å²) in [6.45, 7) is 7.44.